The zero-order chi connectivity index (χ0) is 13.1. The summed E-state index contributed by atoms with van der Waals surface area (Å²) in [6, 6.07) is 0.0201. The number of nitrogens with one attached hydrogen (secondary N) is 2. The van der Waals surface area contributed by atoms with Gasteiger partial charge in [-0.3, -0.25) is 4.79 Å². The maximum Gasteiger partial charge on any atom is 0.271 e. The lowest BCUT2D eigenvalue weighted by molar-refractivity contribution is 0.0776. The van der Waals surface area contributed by atoms with Crippen molar-refractivity contribution in [3.05, 3.63) is 16.1 Å². The molecule has 2 rings (SSSR count). The Labute approximate surface area is 135 Å². The Morgan fingerprint density at radius 3 is 2.75 bits per heavy atom. The maximum atomic E-state index is 12.0. The fourth-order valence-corrected chi connectivity index (χ4v) is 2.76. The minimum absolute atomic E-state index is 0. The van der Waals surface area contributed by atoms with Gasteiger partial charge in [-0.1, -0.05) is 13.8 Å². The topological polar surface area (TPSA) is 63.2 Å². The molecule has 2 heterocycles. The van der Waals surface area contributed by atoms with E-state index in [1.807, 2.05) is 5.38 Å². The Morgan fingerprint density at radius 2 is 2.20 bits per heavy atom. The highest BCUT2D eigenvalue weighted by Gasteiger charge is 2.29. The van der Waals surface area contributed by atoms with Crippen LogP contribution in [0.2, 0.25) is 0 Å². The van der Waals surface area contributed by atoms with Gasteiger partial charge in [0, 0.05) is 31.5 Å². The van der Waals surface area contributed by atoms with E-state index in [0.29, 0.717) is 11.6 Å². The highest BCUT2D eigenvalue weighted by molar-refractivity contribution is 7.09. The number of carbonyl (C=O) groups is 1. The van der Waals surface area contributed by atoms with Gasteiger partial charge in [-0.05, 0) is 0 Å². The SMILES string of the molecule is CO[C@H]1CNCC1NC(=O)c1csc(C(C)C)n1.Cl.Cl. The van der Waals surface area contributed by atoms with Crippen molar-refractivity contribution in [1.29, 1.82) is 0 Å². The van der Waals surface area contributed by atoms with Crippen molar-refractivity contribution < 1.29 is 9.53 Å². The molecule has 0 saturated carbocycles. The molecule has 1 saturated heterocycles. The molecule has 1 aliphatic heterocycles. The van der Waals surface area contributed by atoms with Gasteiger partial charge >= 0.3 is 0 Å². The van der Waals surface area contributed by atoms with Crippen molar-refractivity contribution >= 4 is 42.1 Å². The third kappa shape index (κ3) is 4.56. The molecule has 1 aliphatic rings. The first-order valence-electron chi connectivity index (χ1n) is 6.11. The number of halogens is 2. The number of hydrogen-bond acceptors (Lipinski definition) is 5. The minimum atomic E-state index is -0.117. The molecule has 0 bridgehead atoms. The van der Waals surface area contributed by atoms with Crippen LogP contribution in [0.15, 0.2) is 5.38 Å². The van der Waals surface area contributed by atoms with E-state index < -0.39 is 0 Å². The smallest absolute Gasteiger partial charge is 0.271 e. The average molecular weight is 342 g/mol. The van der Waals surface area contributed by atoms with Crippen LogP contribution < -0.4 is 10.6 Å². The summed E-state index contributed by atoms with van der Waals surface area (Å²) in [6.45, 7) is 5.66. The number of hydrogen-bond donors (Lipinski definition) is 2. The second kappa shape index (κ2) is 8.79. The Morgan fingerprint density at radius 1 is 1.50 bits per heavy atom. The fraction of sp³-hybridized carbons (Fsp3) is 0.667. The summed E-state index contributed by atoms with van der Waals surface area (Å²) in [5, 5.41) is 8.97. The lowest BCUT2D eigenvalue weighted by Crippen LogP contribution is -2.43. The Kier molecular flexibility index (Phi) is 8.62. The first-order valence-corrected chi connectivity index (χ1v) is 6.99. The molecule has 5 nitrogen and oxygen atoms in total. The molecule has 0 aromatic carbocycles. The molecule has 1 aromatic heterocycles. The van der Waals surface area contributed by atoms with Crippen molar-refractivity contribution in [2.24, 2.45) is 0 Å². The van der Waals surface area contributed by atoms with Gasteiger partial charge < -0.3 is 15.4 Å². The molecule has 0 aliphatic carbocycles. The summed E-state index contributed by atoms with van der Waals surface area (Å²) in [5.41, 5.74) is 0.505. The molecular weight excluding hydrogens is 321 g/mol. The van der Waals surface area contributed by atoms with E-state index in [0.717, 1.165) is 18.1 Å². The summed E-state index contributed by atoms with van der Waals surface area (Å²) in [6.07, 6.45) is 0.0390. The van der Waals surface area contributed by atoms with Gasteiger partial charge in [-0.15, -0.1) is 36.2 Å². The second-order valence-corrected chi connectivity index (χ2v) is 5.63. The Bertz CT molecular complexity index is 429. The Hall–Kier alpha value is -0.400. The number of nitrogens with zero attached hydrogens (tertiary/aromatic N) is 1. The van der Waals surface area contributed by atoms with Crippen molar-refractivity contribution in [3.8, 4) is 0 Å². The molecule has 2 N–H and O–H groups in total. The largest absolute Gasteiger partial charge is 0.378 e. The van der Waals surface area contributed by atoms with E-state index in [4.69, 9.17) is 4.74 Å². The molecule has 8 heteroatoms. The predicted octanol–water partition coefficient (Wildman–Crippen LogP) is 1.83. The maximum absolute atomic E-state index is 12.0. The minimum Gasteiger partial charge on any atom is -0.378 e. The summed E-state index contributed by atoms with van der Waals surface area (Å²) >= 11 is 1.53. The van der Waals surface area contributed by atoms with Crippen molar-refractivity contribution in [2.45, 2.75) is 31.9 Å². The highest BCUT2D eigenvalue weighted by Crippen LogP contribution is 2.19. The number of rotatable bonds is 4. The quantitative estimate of drug-likeness (QED) is 0.876. The lowest BCUT2D eigenvalue weighted by atomic mass is 10.2. The van der Waals surface area contributed by atoms with Gasteiger partial charge in [0.2, 0.25) is 0 Å². The lowest BCUT2D eigenvalue weighted by Gasteiger charge is -2.17. The van der Waals surface area contributed by atoms with E-state index in [1.165, 1.54) is 11.3 Å². The van der Waals surface area contributed by atoms with Gasteiger partial charge in [0.05, 0.1) is 17.2 Å². The van der Waals surface area contributed by atoms with Gasteiger partial charge in [-0.25, -0.2) is 4.98 Å². The third-order valence-corrected chi connectivity index (χ3v) is 4.17. The molecular formula is C12H21Cl2N3O2S. The molecule has 1 aromatic rings. The molecule has 0 spiro atoms. The first kappa shape index (κ1) is 19.6. The number of aromatic nitrogens is 1. The van der Waals surface area contributed by atoms with Crippen LogP contribution in [0.4, 0.5) is 0 Å². The number of ether oxygens (including phenoxy) is 1. The number of thiazole rings is 1. The van der Waals surface area contributed by atoms with Crippen LogP contribution in [-0.2, 0) is 4.74 Å². The van der Waals surface area contributed by atoms with Crippen LogP contribution in [-0.4, -0.2) is 43.2 Å². The first-order chi connectivity index (χ1) is 8.61. The van der Waals surface area contributed by atoms with Gasteiger partial charge in [0.1, 0.15) is 5.69 Å². The highest BCUT2D eigenvalue weighted by atomic mass is 35.5. The van der Waals surface area contributed by atoms with Crippen molar-refractivity contribution in [1.82, 2.24) is 15.6 Å². The van der Waals surface area contributed by atoms with Crippen molar-refractivity contribution in [2.75, 3.05) is 20.2 Å². The van der Waals surface area contributed by atoms with Crippen LogP contribution in [0, 0.1) is 0 Å². The molecule has 1 fully saturated rings. The molecule has 1 amide bonds. The molecule has 0 radical (unpaired) electrons. The van der Waals surface area contributed by atoms with Crippen LogP contribution >= 0.6 is 36.2 Å². The zero-order valence-corrected chi connectivity index (χ0v) is 14.2. The number of carbonyl (C=O) groups excluding carboxylic acids is 1. The number of methoxy groups -OCH3 is 1. The zero-order valence-electron chi connectivity index (χ0n) is 11.7. The fourth-order valence-electron chi connectivity index (χ4n) is 1.95. The summed E-state index contributed by atoms with van der Waals surface area (Å²) in [5.74, 6) is 0.241. The summed E-state index contributed by atoms with van der Waals surface area (Å²) in [7, 11) is 1.66. The van der Waals surface area contributed by atoms with E-state index in [1.54, 1.807) is 7.11 Å². The van der Waals surface area contributed by atoms with Gasteiger partial charge in [0.15, 0.2) is 0 Å². The normalized spacial score (nSPS) is 21.2. The number of amides is 1. The van der Waals surface area contributed by atoms with E-state index in [2.05, 4.69) is 29.5 Å². The van der Waals surface area contributed by atoms with Crippen LogP contribution in [0.5, 0.6) is 0 Å². The summed E-state index contributed by atoms with van der Waals surface area (Å²) in [4.78, 5) is 16.4. The third-order valence-electron chi connectivity index (χ3n) is 3.03. The molecule has 116 valence electrons. The van der Waals surface area contributed by atoms with Crippen LogP contribution in [0.3, 0.4) is 0 Å². The summed E-state index contributed by atoms with van der Waals surface area (Å²) < 4.78 is 5.31. The predicted molar refractivity (Wildman–Crippen MR) is 85.6 cm³/mol. The van der Waals surface area contributed by atoms with E-state index in [-0.39, 0.29) is 42.9 Å². The standard InChI is InChI=1S/C12H19N3O2S.2ClH/c1-7(2)12-15-9(6-18-12)11(16)14-8-4-13-5-10(8)17-3;;/h6-8,10,13H,4-5H2,1-3H3,(H,14,16);2*1H/t8?,10-;;/m0../s1. The molecule has 20 heavy (non-hydrogen) atoms. The molecule has 1 unspecified atom stereocenters. The van der Waals surface area contributed by atoms with Crippen LogP contribution in [0.25, 0.3) is 0 Å². The van der Waals surface area contributed by atoms with E-state index in [9.17, 15) is 4.79 Å². The van der Waals surface area contributed by atoms with Gasteiger partial charge in [-0.2, -0.15) is 0 Å². The van der Waals surface area contributed by atoms with Gasteiger partial charge in [0.25, 0.3) is 5.91 Å². The average Bonchev–Trinajstić information content (AvgIpc) is 2.96. The van der Waals surface area contributed by atoms with E-state index >= 15 is 0 Å². The second-order valence-electron chi connectivity index (χ2n) is 4.74. The van der Waals surface area contributed by atoms with Crippen LogP contribution in [0.1, 0.15) is 35.3 Å². The Balaban J connectivity index is 0.00000180. The van der Waals surface area contributed by atoms with Crippen molar-refractivity contribution in [3.63, 3.8) is 0 Å². The monoisotopic (exact) mass is 341 g/mol. The molecule has 2 atom stereocenters.